The van der Waals surface area contributed by atoms with Crippen LogP contribution in [-0.4, -0.2) is 26.2 Å². The van der Waals surface area contributed by atoms with Crippen LogP contribution in [0.15, 0.2) is 0 Å². The van der Waals surface area contributed by atoms with Crippen LogP contribution in [-0.2, 0) is 9.53 Å². The number of carbonyl (C=O) groups is 1. The van der Waals surface area contributed by atoms with E-state index < -0.39 is 0 Å². The van der Waals surface area contributed by atoms with Crippen LogP contribution < -0.4 is 5.32 Å². The molecule has 0 radical (unpaired) electrons. The summed E-state index contributed by atoms with van der Waals surface area (Å²) in [6, 6.07) is 0. The largest absolute Gasteiger partial charge is 0.371 e. The summed E-state index contributed by atoms with van der Waals surface area (Å²) in [7, 11) is 1.61. The molecule has 0 aliphatic heterocycles. The van der Waals surface area contributed by atoms with E-state index in [2.05, 4.69) is 5.32 Å². The molecule has 0 aromatic heterocycles. The fraction of sp³-hybridized carbons (Fsp3) is 0.857. The molecule has 1 fully saturated rings. The van der Waals surface area contributed by atoms with Crippen LogP contribution in [0.2, 0.25) is 0 Å². The minimum absolute atomic E-state index is 0.0411. The summed E-state index contributed by atoms with van der Waals surface area (Å²) >= 11 is 0. The molecule has 0 unspecified atom stereocenters. The Labute approximate surface area is 60.7 Å². The predicted molar refractivity (Wildman–Crippen MR) is 37.6 cm³/mol. The monoisotopic (exact) mass is 143 g/mol. The van der Waals surface area contributed by atoms with E-state index in [9.17, 15) is 4.79 Å². The number of ether oxygens (including phenoxy) is 1. The lowest BCUT2D eigenvalue weighted by Gasteiger charge is -1.99. The summed E-state index contributed by atoms with van der Waals surface area (Å²) < 4.78 is 5.10. The number of hydrogen-bond acceptors (Lipinski definition) is 2. The Morgan fingerprint density at radius 1 is 1.70 bits per heavy atom. The molecule has 3 heteroatoms. The van der Waals surface area contributed by atoms with E-state index in [1.807, 2.05) is 0 Å². The molecule has 0 spiro atoms. The lowest BCUT2D eigenvalue weighted by molar-refractivity contribution is -0.125. The van der Waals surface area contributed by atoms with Crippen LogP contribution in [0.5, 0.6) is 0 Å². The van der Waals surface area contributed by atoms with Crippen molar-refractivity contribution in [3.8, 4) is 0 Å². The van der Waals surface area contributed by atoms with Crippen LogP contribution in [0.3, 0.4) is 0 Å². The standard InChI is InChI=1S/C7H13NO2/c1-8-7(9)5-10-4-6-2-3-6/h6H,2-5H2,1H3,(H,8,9). The van der Waals surface area contributed by atoms with E-state index in [4.69, 9.17) is 4.74 Å². The zero-order valence-electron chi connectivity index (χ0n) is 6.22. The zero-order valence-corrected chi connectivity index (χ0v) is 6.22. The third-order valence-electron chi connectivity index (χ3n) is 1.56. The normalized spacial score (nSPS) is 16.9. The minimum atomic E-state index is -0.0411. The molecule has 1 amide bonds. The maximum absolute atomic E-state index is 10.6. The van der Waals surface area contributed by atoms with E-state index in [0.717, 1.165) is 12.5 Å². The van der Waals surface area contributed by atoms with Crippen LogP contribution in [0.4, 0.5) is 0 Å². The zero-order chi connectivity index (χ0) is 7.40. The molecule has 0 aromatic carbocycles. The van der Waals surface area contributed by atoms with Gasteiger partial charge in [-0.15, -0.1) is 0 Å². The third-order valence-corrected chi connectivity index (χ3v) is 1.56. The van der Waals surface area contributed by atoms with Gasteiger partial charge >= 0.3 is 0 Å². The molecule has 58 valence electrons. The Kier molecular flexibility index (Phi) is 2.68. The quantitative estimate of drug-likeness (QED) is 0.608. The Morgan fingerprint density at radius 3 is 2.90 bits per heavy atom. The Bertz CT molecular complexity index is 121. The second-order valence-electron chi connectivity index (χ2n) is 2.63. The molecule has 3 nitrogen and oxygen atoms in total. The van der Waals surface area contributed by atoms with Gasteiger partial charge in [-0.1, -0.05) is 0 Å². The van der Waals surface area contributed by atoms with Crippen LogP contribution in [0.1, 0.15) is 12.8 Å². The van der Waals surface area contributed by atoms with Gasteiger partial charge in [-0.25, -0.2) is 0 Å². The summed E-state index contributed by atoms with van der Waals surface area (Å²) in [4.78, 5) is 10.6. The second-order valence-corrected chi connectivity index (χ2v) is 2.63. The molecule has 1 aliphatic rings. The van der Waals surface area contributed by atoms with Crippen molar-refractivity contribution in [1.29, 1.82) is 0 Å². The Hall–Kier alpha value is -0.570. The molecule has 0 atom stereocenters. The maximum atomic E-state index is 10.6. The molecule has 0 saturated heterocycles. The smallest absolute Gasteiger partial charge is 0.245 e. The van der Waals surface area contributed by atoms with Gasteiger partial charge in [0.05, 0.1) is 6.61 Å². The third kappa shape index (κ3) is 2.82. The maximum Gasteiger partial charge on any atom is 0.245 e. The number of hydrogen-bond donors (Lipinski definition) is 1. The molecule has 0 aromatic rings. The van der Waals surface area contributed by atoms with Crippen molar-refractivity contribution in [2.24, 2.45) is 5.92 Å². The second kappa shape index (κ2) is 3.56. The molecule has 1 aliphatic carbocycles. The number of nitrogens with one attached hydrogen (secondary N) is 1. The van der Waals surface area contributed by atoms with Crippen molar-refractivity contribution >= 4 is 5.91 Å². The lowest BCUT2D eigenvalue weighted by Crippen LogP contribution is -2.23. The molecular formula is C7H13NO2. The topological polar surface area (TPSA) is 38.3 Å². The highest BCUT2D eigenvalue weighted by atomic mass is 16.5. The fourth-order valence-corrected chi connectivity index (χ4v) is 0.675. The lowest BCUT2D eigenvalue weighted by atomic mass is 10.5. The minimum Gasteiger partial charge on any atom is -0.371 e. The van der Waals surface area contributed by atoms with Crippen molar-refractivity contribution in [2.75, 3.05) is 20.3 Å². The molecule has 1 saturated carbocycles. The van der Waals surface area contributed by atoms with Gasteiger partial charge < -0.3 is 10.1 Å². The van der Waals surface area contributed by atoms with Crippen LogP contribution >= 0.6 is 0 Å². The molecule has 10 heavy (non-hydrogen) atoms. The van der Waals surface area contributed by atoms with Gasteiger partial charge in [0.1, 0.15) is 6.61 Å². The first kappa shape index (κ1) is 7.54. The van der Waals surface area contributed by atoms with Crippen molar-refractivity contribution < 1.29 is 9.53 Å². The first-order valence-corrected chi connectivity index (χ1v) is 3.61. The fourth-order valence-electron chi connectivity index (χ4n) is 0.675. The highest BCUT2D eigenvalue weighted by molar-refractivity contribution is 5.76. The van der Waals surface area contributed by atoms with Crippen molar-refractivity contribution in [2.45, 2.75) is 12.8 Å². The average Bonchev–Trinajstić information content (AvgIpc) is 2.71. The van der Waals surface area contributed by atoms with Crippen LogP contribution in [0.25, 0.3) is 0 Å². The summed E-state index contributed by atoms with van der Waals surface area (Å²) in [5.74, 6) is 0.699. The average molecular weight is 143 g/mol. The molecule has 0 bridgehead atoms. The van der Waals surface area contributed by atoms with Crippen molar-refractivity contribution in [3.05, 3.63) is 0 Å². The SMILES string of the molecule is CNC(=O)COCC1CC1. The van der Waals surface area contributed by atoms with Crippen molar-refractivity contribution in [3.63, 3.8) is 0 Å². The van der Waals surface area contributed by atoms with Gasteiger partial charge in [0, 0.05) is 7.05 Å². The Morgan fingerprint density at radius 2 is 2.40 bits per heavy atom. The van der Waals surface area contributed by atoms with Gasteiger partial charge in [0.25, 0.3) is 0 Å². The first-order valence-electron chi connectivity index (χ1n) is 3.61. The van der Waals surface area contributed by atoms with Gasteiger partial charge in [-0.2, -0.15) is 0 Å². The molecular weight excluding hydrogens is 130 g/mol. The summed E-state index contributed by atoms with van der Waals surface area (Å²) in [6.45, 7) is 0.973. The van der Waals surface area contributed by atoms with E-state index >= 15 is 0 Å². The number of carbonyl (C=O) groups excluding carboxylic acids is 1. The van der Waals surface area contributed by atoms with Gasteiger partial charge in [-0.05, 0) is 18.8 Å². The number of likely N-dealkylation sites (N-methyl/N-ethyl adjacent to an activating group) is 1. The summed E-state index contributed by atoms with van der Waals surface area (Å²) in [5, 5.41) is 2.50. The van der Waals surface area contributed by atoms with E-state index in [1.165, 1.54) is 12.8 Å². The highest BCUT2D eigenvalue weighted by Crippen LogP contribution is 2.28. The first-order chi connectivity index (χ1) is 4.83. The molecule has 1 rings (SSSR count). The van der Waals surface area contributed by atoms with Gasteiger partial charge in [0.2, 0.25) is 5.91 Å². The highest BCUT2D eigenvalue weighted by Gasteiger charge is 2.21. The summed E-state index contributed by atoms with van der Waals surface area (Å²) in [5.41, 5.74) is 0. The van der Waals surface area contributed by atoms with E-state index in [-0.39, 0.29) is 12.5 Å². The predicted octanol–water partition coefficient (Wildman–Crippen LogP) is 0.159. The van der Waals surface area contributed by atoms with E-state index in [0.29, 0.717) is 0 Å². The van der Waals surface area contributed by atoms with Crippen molar-refractivity contribution in [1.82, 2.24) is 5.32 Å². The number of amides is 1. The van der Waals surface area contributed by atoms with E-state index in [1.54, 1.807) is 7.05 Å². The summed E-state index contributed by atoms with van der Waals surface area (Å²) in [6.07, 6.45) is 2.54. The molecule has 1 N–H and O–H groups in total. The van der Waals surface area contributed by atoms with Gasteiger partial charge in [-0.3, -0.25) is 4.79 Å². The Balaban J connectivity index is 1.88. The number of rotatable bonds is 4. The molecule has 0 heterocycles. The van der Waals surface area contributed by atoms with Gasteiger partial charge in [0.15, 0.2) is 0 Å². The van der Waals surface area contributed by atoms with Crippen LogP contribution in [0, 0.1) is 5.92 Å².